The van der Waals surface area contributed by atoms with E-state index in [1.807, 2.05) is 0 Å². The second kappa shape index (κ2) is 3.29. The fourth-order valence-electron chi connectivity index (χ4n) is 3.06. The average molecular weight is 241 g/mol. The minimum Gasteiger partial charge on any atom is -0.358 e. The molecule has 3 aliphatic rings. The number of hydrogen-bond acceptors (Lipinski definition) is 4. The lowest BCUT2D eigenvalue weighted by atomic mass is 9.83. The van der Waals surface area contributed by atoms with Gasteiger partial charge in [0.15, 0.2) is 5.78 Å². The van der Waals surface area contributed by atoms with Crippen LogP contribution in [-0.2, 0) is 4.74 Å². The van der Waals surface area contributed by atoms with E-state index in [-0.39, 0.29) is 23.7 Å². The van der Waals surface area contributed by atoms with E-state index in [0.29, 0.717) is 29.0 Å². The van der Waals surface area contributed by atoms with Crippen molar-refractivity contribution in [2.75, 3.05) is 6.61 Å². The van der Waals surface area contributed by atoms with Gasteiger partial charge in [-0.15, -0.1) is 0 Å². The molecule has 2 atom stereocenters. The van der Waals surface area contributed by atoms with E-state index < -0.39 is 0 Å². The van der Waals surface area contributed by atoms with Crippen molar-refractivity contribution in [1.82, 2.24) is 5.32 Å². The zero-order valence-corrected chi connectivity index (χ0v) is 9.60. The van der Waals surface area contributed by atoms with Crippen LogP contribution in [0.5, 0.6) is 0 Å². The van der Waals surface area contributed by atoms with Crippen molar-refractivity contribution in [3.05, 3.63) is 46.7 Å². The Balaban J connectivity index is 1.91. The van der Waals surface area contributed by atoms with Crippen LogP contribution in [0.2, 0.25) is 0 Å². The molecule has 2 unspecified atom stereocenters. The molecule has 0 aromatic heterocycles. The Morgan fingerprint density at radius 3 is 2.61 bits per heavy atom. The molecule has 0 bridgehead atoms. The minimum atomic E-state index is -0.197. The second-order valence-electron chi connectivity index (χ2n) is 4.82. The number of ether oxygens (including phenoxy) is 1. The van der Waals surface area contributed by atoms with Crippen LogP contribution in [0.15, 0.2) is 35.5 Å². The standard InChI is InChI=1S/C14H11NO3/c16-12-7-3-1-2-4-8(7)13(17)11-10(12)9-5-6-18-14(9)15-11/h1-4,9,14-15H,5-6H2. The van der Waals surface area contributed by atoms with Gasteiger partial charge in [-0.25, -0.2) is 0 Å². The van der Waals surface area contributed by atoms with Gasteiger partial charge in [0.25, 0.3) is 0 Å². The number of rotatable bonds is 0. The number of benzene rings is 1. The summed E-state index contributed by atoms with van der Waals surface area (Å²) < 4.78 is 5.51. The summed E-state index contributed by atoms with van der Waals surface area (Å²) in [6.07, 6.45) is 0.606. The zero-order chi connectivity index (χ0) is 12.3. The highest BCUT2D eigenvalue weighted by Gasteiger charge is 2.47. The molecule has 2 aliphatic heterocycles. The van der Waals surface area contributed by atoms with Gasteiger partial charge in [-0.1, -0.05) is 24.3 Å². The SMILES string of the molecule is O=C1C2=C(C(=O)c3ccccc31)C1CCOC1N2. The lowest BCUT2D eigenvalue weighted by Crippen LogP contribution is -2.29. The number of carbonyl (C=O) groups excluding carboxylic acids is 2. The molecule has 1 aromatic rings. The van der Waals surface area contributed by atoms with Crippen LogP contribution in [0.1, 0.15) is 27.1 Å². The molecule has 1 aliphatic carbocycles. The van der Waals surface area contributed by atoms with Crippen molar-refractivity contribution in [2.45, 2.75) is 12.6 Å². The number of ketones is 2. The highest BCUT2D eigenvalue weighted by atomic mass is 16.5. The number of hydrogen-bond donors (Lipinski definition) is 1. The molecule has 0 saturated carbocycles. The van der Waals surface area contributed by atoms with Gasteiger partial charge in [-0.2, -0.15) is 0 Å². The van der Waals surface area contributed by atoms with Gasteiger partial charge in [-0.05, 0) is 6.42 Å². The quantitative estimate of drug-likeness (QED) is 0.743. The largest absolute Gasteiger partial charge is 0.358 e. The summed E-state index contributed by atoms with van der Waals surface area (Å²) in [6, 6.07) is 7.00. The molecule has 1 N–H and O–H groups in total. The Morgan fingerprint density at radius 2 is 1.83 bits per heavy atom. The van der Waals surface area contributed by atoms with E-state index in [1.165, 1.54) is 0 Å². The van der Waals surface area contributed by atoms with E-state index in [0.717, 1.165) is 6.42 Å². The smallest absolute Gasteiger partial charge is 0.210 e. The van der Waals surface area contributed by atoms with Gasteiger partial charge in [0.1, 0.15) is 6.23 Å². The van der Waals surface area contributed by atoms with Gasteiger partial charge in [-0.3, -0.25) is 9.59 Å². The zero-order valence-electron chi connectivity index (χ0n) is 9.60. The lowest BCUT2D eigenvalue weighted by molar-refractivity contribution is 0.0818. The summed E-state index contributed by atoms with van der Waals surface area (Å²) in [6.45, 7) is 0.641. The number of allylic oxidation sites excluding steroid dienone is 1. The van der Waals surface area contributed by atoms with E-state index in [1.54, 1.807) is 24.3 Å². The normalized spacial score (nSPS) is 28.9. The average Bonchev–Trinajstić information content (AvgIpc) is 2.96. The molecular weight excluding hydrogens is 230 g/mol. The van der Waals surface area contributed by atoms with Crippen LogP contribution < -0.4 is 5.32 Å². The lowest BCUT2D eigenvalue weighted by Gasteiger charge is -2.17. The third-order valence-corrected chi connectivity index (χ3v) is 3.91. The molecule has 1 saturated heterocycles. The van der Waals surface area contributed by atoms with Crippen LogP contribution in [0.4, 0.5) is 0 Å². The van der Waals surface area contributed by atoms with Gasteiger partial charge in [0.05, 0.1) is 5.70 Å². The first-order valence-corrected chi connectivity index (χ1v) is 6.08. The van der Waals surface area contributed by atoms with E-state index >= 15 is 0 Å². The first-order chi connectivity index (χ1) is 8.77. The topological polar surface area (TPSA) is 55.4 Å². The third kappa shape index (κ3) is 1.08. The molecule has 4 heteroatoms. The van der Waals surface area contributed by atoms with Crippen molar-refractivity contribution in [3.63, 3.8) is 0 Å². The maximum Gasteiger partial charge on any atom is 0.210 e. The number of Topliss-reactive ketones (excluding diaryl/α,β-unsaturated/α-hetero) is 2. The molecule has 0 amide bonds. The third-order valence-electron chi connectivity index (χ3n) is 3.91. The van der Waals surface area contributed by atoms with Crippen molar-refractivity contribution < 1.29 is 14.3 Å². The highest BCUT2D eigenvalue weighted by Crippen LogP contribution is 2.40. The summed E-state index contributed by atoms with van der Waals surface area (Å²) in [5, 5.41) is 3.06. The highest BCUT2D eigenvalue weighted by molar-refractivity contribution is 6.27. The molecule has 90 valence electrons. The number of carbonyl (C=O) groups is 2. The van der Waals surface area contributed by atoms with Crippen LogP contribution in [-0.4, -0.2) is 24.4 Å². The fraction of sp³-hybridized carbons (Fsp3) is 0.286. The van der Waals surface area contributed by atoms with Crippen molar-refractivity contribution in [1.29, 1.82) is 0 Å². The van der Waals surface area contributed by atoms with E-state index in [2.05, 4.69) is 5.32 Å². The number of fused-ring (bicyclic) bond motifs is 3. The van der Waals surface area contributed by atoms with Gasteiger partial charge in [0, 0.05) is 29.2 Å². The predicted molar refractivity (Wildman–Crippen MR) is 63.1 cm³/mol. The maximum absolute atomic E-state index is 12.5. The maximum atomic E-state index is 12.5. The molecular formula is C14H11NO3. The van der Waals surface area contributed by atoms with Crippen LogP contribution >= 0.6 is 0 Å². The second-order valence-corrected chi connectivity index (χ2v) is 4.82. The van der Waals surface area contributed by atoms with Gasteiger partial charge < -0.3 is 10.1 Å². The molecule has 0 radical (unpaired) electrons. The Labute approximate surface area is 104 Å². The van der Waals surface area contributed by atoms with E-state index in [9.17, 15) is 9.59 Å². The van der Waals surface area contributed by atoms with Crippen LogP contribution in [0.3, 0.4) is 0 Å². The summed E-state index contributed by atoms with van der Waals surface area (Å²) in [5.74, 6) is -0.0753. The van der Waals surface area contributed by atoms with Crippen LogP contribution in [0, 0.1) is 5.92 Å². The fourth-order valence-corrected chi connectivity index (χ4v) is 3.06. The van der Waals surface area contributed by atoms with Crippen molar-refractivity contribution in [3.8, 4) is 0 Å². The summed E-state index contributed by atoms with van der Waals surface area (Å²) in [7, 11) is 0. The summed E-state index contributed by atoms with van der Waals surface area (Å²) >= 11 is 0. The van der Waals surface area contributed by atoms with Gasteiger partial charge in [0.2, 0.25) is 5.78 Å². The molecule has 2 heterocycles. The summed E-state index contributed by atoms with van der Waals surface area (Å²) in [5.41, 5.74) is 2.10. The van der Waals surface area contributed by atoms with Crippen LogP contribution in [0.25, 0.3) is 0 Å². The summed E-state index contributed by atoms with van der Waals surface area (Å²) in [4.78, 5) is 24.8. The van der Waals surface area contributed by atoms with Gasteiger partial charge >= 0.3 is 0 Å². The number of nitrogens with one attached hydrogen (secondary N) is 1. The monoisotopic (exact) mass is 241 g/mol. The molecule has 0 spiro atoms. The van der Waals surface area contributed by atoms with Crippen molar-refractivity contribution >= 4 is 11.6 Å². The molecule has 1 aromatic carbocycles. The predicted octanol–water partition coefficient (Wildman–Crippen LogP) is 1.29. The van der Waals surface area contributed by atoms with E-state index in [4.69, 9.17) is 4.74 Å². The Kier molecular flexibility index (Phi) is 1.84. The molecule has 18 heavy (non-hydrogen) atoms. The molecule has 1 fully saturated rings. The first-order valence-electron chi connectivity index (χ1n) is 6.08. The first kappa shape index (κ1) is 10.0. The minimum absolute atomic E-state index is 0.0225. The Hall–Kier alpha value is -1.94. The Bertz CT molecular complexity index is 617. The Morgan fingerprint density at radius 1 is 1.11 bits per heavy atom. The molecule has 4 rings (SSSR count). The van der Waals surface area contributed by atoms with Crippen molar-refractivity contribution in [2.24, 2.45) is 5.92 Å². The molecule has 4 nitrogen and oxygen atoms in total.